The highest BCUT2D eigenvalue weighted by Crippen LogP contribution is 2.25. The molecule has 0 aliphatic carbocycles. The van der Waals surface area contributed by atoms with Gasteiger partial charge in [-0.1, -0.05) is 30.3 Å². The maximum absolute atomic E-state index is 13.1. The van der Waals surface area contributed by atoms with E-state index >= 15 is 0 Å². The normalized spacial score (nSPS) is 12.2. The van der Waals surface area contributed by atoms with Crippen molar-refractivity contribution >= 4 is 27.6 Å². The molecule has 0 radical (unpaired) electrons. The lowest BCUT2D eigenvalue weighted by atomic mass is 9.98. The number of aromatic amines is 1. The van der Waals surface area contributed by atoms with Gasteiger partial charge in [-0.2, -0.15) is 10.4 Å². The van der Waals surface area contributed by atoms with Gasteiger partial charge >= 0.3 is 0 Å². The molecule has 1 atom stereocenters. The Morgan fingerprint density at radius 3 is 2.58 bits per heavy atom. The average molecular weight is 343 g/mol. The summed E-state index contributed by atoms with van der Waals surface area (Å²) in [7, 11) is 1.76. The van der Waals surface area contributed by atoms with Crippen LogP contribution in [-0.2, 0) is 7.05 Å². The molecule has 4 aromatic rings. The van der Waals surface area contributed by atoms with Gasteiger partial charge in [0.1, 0.15) is 11.5 Å². The van der Waals surface area contributed by atoms with E-state index < -0.39 is 11.7 Å². The maximum Gasteiger partial charge on any atom is 0.272 e. The minimum absolute atomic E-state index is 0.0545. The van der Waals surface area contributed by atoms with Crippen molar-refractivity contribution < 1.29 is 4.79 Å². The number of carbonyl (C=O) groups is 1. The van der Waals surface area contributed by atoms with E-state index in [1.54, 1.807) is 35.9 Å². The number of Topliss-reactive ketones (excluding diaryl/α,β-unsaturated/α-hetero) is 1. The summed E-state index contributed by atoms with van der Waals surface area (Å²) in [5.41, 5.74) is 1.21. The number of H-pyrrole nitrogens is 1. The highest BCUT2D eigenvalue weighted by Gasteiger charge is 2.29. The van der Waals surface area contributed by atoms with E-state index in [4.69, 9.17) is 0 Å². The van der Waals surface area contributed by atoms with Crippen LogP contribution in [0.5, 0.6) is 0 Å². The summed E-state index contributed by atoms with van der Waals surface area (Å²) < 4.78 is 1.73. The number of nitrogens with one attached hydrogen (secondary N) is 1. The minimum atomic E-state index is -1.13. The fourth-order valence-corrected chi connectivity index (χ4v) is 3.10. The zero-order valence-corrected chi connectivity index (χ0v) is 13.8. The summed E-state index contributed by atoms with van der Waals surface area (Å²) in [4.78, 5) is 29.4. The lowest BCUT2D eigenvalue weighted by molar-refractivity contribution is 0.0971. The zero-order valence-electron chi connectivity index (χ0n) is 13.8. The predicted molar refractivity (Wildman–Crippen MR) is 95.8 cm³/mol. The van der Waals surface area contributed by atoms with Crippen LogP contribution in [0.4, 0.5) is 0 Å². The second-order valence-electron chi connectivity index (χ2n) is 5.89. The van der Waals surface area contributed by atoms with Gasteiger partial charge in [0.15, 0.2) is 5.92 Å². The first-order chi connectivity index (χ1) is 12.6. The number of hydrogen-bond acceptors (Lipinski definition) is 5. The lowest BCUT2D eigenvalue weighted by Crippen LogP contribution is -2.20. The summed E-state index contributed by atoms with van der Waals surface area (Å²) in [6.45, 7) is 0. The number of ketones is 1. The molecule has 0 aliphatic heterocycles. The Morgan fingerprint density at radius 1 is 1.15 bits per heavy atom. The smallest absolute Gasteiger partial charge is 0.272 e. The van der Waals surface area contributed by atoms with E-state index in [2.05, 4.69) is 15.2 Å². The standard InChI is InChI=1S/C19H13N5O2/c1-24-15-9-5-4-8-14(15)21-18(24)13(10-20)17(25)16-11-6-2-3-7-12(11)19(26)23-22-16/h2-9,13H,1H3,(H,23,26)/t13-/m0/s1. The van der Waals surface area contributed by atoms with Gasteiger partial charge < -0.3 is 4.57 Å². The lowest BCUT2D eigenvalue weighted by Gasteiger charge is -2.09. The number of para-hydroxylation sites is 2. The first kappa shape index (κ1) is 15.7. The average Bonchev–Trinajstić information content (AvgIpc) is 3.00. The molecule has 0 unspecified atom stereocenters. The number of carbonyl (C=O) groups excluding carboxylic acids is 1. The third-order valence-electron chi connectivity index (χ3n) is 4.40. The summed E-state index contributed by atoms with van der Waals surface area (Å²) in [6.07, 6.45) is 0. The molecule has 2 heterocycles. The number of rotatable bonds is 3. The van der Waals surface area contributed by atoms with Crippen molar-refractivity contribution in [3.8, 4) is 6.07 Å². The van der Waals surface area contributed by atoms with Crippen LogP contribution >= 0.6 is 0 Å². The van der Waals surface area contributed by atoms with Crippen molar-refractivity contribution in [2.24, 2.45) is 7.05 Å². The number of fused-ring (bicyclic) bond motifs is 2. The first-order valence-electron chi connectivity index (χ1n) is 7.94. The predicted octanol–water partition coefficient (Wildman–Crippen LogP) is 2.30. The van der Waals surface area contributed by atoms with E-state index in [-0.39, 0.29) is 11.3 Å². The van der Waals surface area contributed by atoms with E-state index in [0.717, 1.165) is 5.52 Å². The molecule has 0 aliphatic rings. The van der Waals surface area contributed by atoms with Gasteiger partial charge in [-0.15, -0.1) is 0 Å². The molecule has 126 valence electrons. The quantitative estimate of drug-likeness (QED) is 0.575. The number of nitriles is 1. The van der Waals surface area contributed by atoms with Gasteiger partial charge in [0, 0.05) is 12.4 Å². The zero-order chi connectivity index (χ0) is 18.3. The molecular weight excluding hydrogens is 330 g/mol. The molecule has 2 aromatic heterocycles. The Bertz CT molecular complexity index is 1260. The van der Waals surface area contributed by atoms with Crippen molar-refractivity contribution in [2.75, 3.05) is 0 Å². The second-order valence-corrected chi connectivity index (χ2v) is 5.89. The fourth-order valence-electron chi connectivity index (χ4n) is 3.10. The second kappa shape index (κ2) is 5.93. The van der Waals surface area contributed by atoms with Crippen LogP contribution < -0.4 is 5.56 Å². The van der Waals surface area contributed by atoms with E-state index in [1.165, 1.54) is 0 Å². The molecule has 4 rings (SSSR count). The Morgan fingerprint density at radius 2 is 1.85 bits per heavy atom. The van der Waals surface area contributed by atoms with Gasteiger partial charge in [-0.05, 0) is 18.2 Å². The Labute approximate surface area is 147 Å². The van der Waals surface area contributed by atoms with Crippen molar-refractivity contribution in [2.45, 2.75) is 5.92 Å². The Balaban J connectivity index is 1.89. The van der Waals surface area contributed by atoms with Gasteiger partial charge in [-0.25, -0.2) is 10.1 Å². The molecule has 2 aromatic carbocycles. The molecule has 0 amide bonds. The van der Waals surface area contributed by atoms with Crippen LogP contribution in [0.2, 0.25) is 0 Å². The maximum atomic E-state index is 13.1. The van der Waals surface area contributed by atoms with Gasteiger partial charge in [-0.3, -0.25) is 9.59 Å². The van der Waals surface area contributed by atoms with Gasteiger partial charge in [0.2, 0.25) is 5.78 Å². The summed E-state index contributed by atoms with van der Waals surface area (Å²) in [5.74, 6) is -1.29. The highest BCUT2D eigenvalue weighted by molar-refractivity contribution is 6.10. The van der Waals surface area contributed by atoms with Crippen LogP contribution in [-0.4, -0.2) is 25.5 Å². The van der Waals surface area contributed by atoms with Gasteiger partial charge in [0.05, 0.1) is 22.5 Å². The molecule has 0 bridgehead atoms. The van der Waals surface area contributed by atoms with Crippen LogP contribution in [0.15, 0.2) is 53.3 Å². The van der Waals surface area contributed by atoms with E-state index in [9.17, 15) is 14.9 Å². The number of imidazole rings is 1. The third-order valence-corrected chi connectivity index (χ3v) is 4.40. The van der Waals surface area contributed by atoms with Crippen molar-refractivity contribution in [1.29, 1.82) is 5.26 Å². The SMILES string of the molecule is Cn1c([C@@H](C#N)C(=O)c2n[nH]c(=O)c3ccccc23)nc2ccccc21. The molecular formula is C19H13N5O2. The first-order valence-corrected chi connectivity index (χ1v) is 7.94. The highest BCUT2D eigenvalue weighted by atomic mass is 16.1. The largest absolute Gasteiger partial charge is 0.330 e. The van der Waals surface area contributed by atoms with Crippen LogP contribution in [0, 0.1) is 11.3 Å². The van der Waals surface area contributed by atoms with Crippen LogP contribution in [0.1, 0.15) is 22.2 Å². The van der Waals surface area contributed by atoms with Crippen molar-refractivity contribution in [1.82, 2.24) is 19.7 Å². The Kier molecular flexibility index (Phi) is 3.59. The molecule has 0 spiro atoms. The minimum Gasteiger partial charge on any atom is -0.330 e. The fraction of sp³-hybridized carbons (Fsp3) is 0.105. The molecule has 7 heteroatoms. The third kappa shape index (κ3) is 2.28. The van der Waals surface area contributed by atoms with Gasteiger partial charge in [0.25, 0.3) is 5.56 Å². The molecule has 7 nitrogen and oxygen atoms in total. The summed E-state index contributed by atoms with van der Waals surface area (Å²) >= 11 is 0. The molecule has 0 fully saturated rings. The topological polar surface area (TPSA) is 104 Å². The number of nitrogens with zero attached hydrogens (tertiary/aromatic N) is 4. The Hall–Kier alpha value is -3.79. The van der Waals surface area contributed by atoms with Crippen LogP contribution in [0.25, 0.3) is 21.8 Å². The number of aryl methyl sites for hydroxylation is 1. The molecule has 0 saturated heterocycles. The number of aromatic nitrogens is 4. The molecule has 0 saturated carbocycles. The summed E-state index contributed by atoms with van der Waals surface area (Å²) in [6, 6.07) is 16.1. The summed E-state index contributed by atoms with van der Waals surface area (Å²) in [5, 5.41) is 16.7. The number of hydrogen-bond donors (Lipinski definition) is 1. The monoisotopic (exact) mass is 343 g/mol. The number of benzene rings is 2. The van der Waals surface area contributed by atoms with Crippen molar-refractivity contribution in [3.05, 3.63) is 70.4 Å². The van der Waals surface area contributed by atoms with E-state index in [0.29, 0.717) is 22.1 Å². The molecule has 1 N–H and O–H groups in total. The van der Waals surface area contributed by atoms with Crippen LogP contribution in [0.3, 0.4) is 0 Å². The molecule has 26 heavy (non-hydrogen) atoms. The van der Waals surface area contributed by atoms with E-state index in [1.807, 2.05) is 30.3 Å². The van der Waals surface area contributed by atoms with Crippen molar-refractivity contribution in [3.63, 3.8) is 0 Å².